The van der Waals surface area contributed by atoms with Crippen LogP contribution >= 0.6 is 0 Å². The molecule has 4 heteroatoms. The molecular weight excluding hydrogens is 274 g/mol. The Morgan fingerprint density at radius 1 is 1.27 bits per heavy atom. The first-order valence-electron chi connectivity index (χ1n) is 7.74. The lowest BCUT2D eigenvalue weighted by atomic mass is 10.0. The van der Waals surface area contributed by atoms with Crippen molar-refractivity contribution < 1.29 is 0 Å². The number of imidazole rings is 1. The molecule has 0 atom stereocenters. The van der Waals surface area contributed by atoms with Crippen LogP contribution in [0.5, 0.6) is 0 Å². The minimum absolute atomic E-state index is 0.0000491. The van der Waals surface area contributed by atoms with Crippen LogP contribution in [0.25, 0.3) is 16.7 Å². The molecule has 0 amide bonds. The SMILES string of the molecule is CCCCCc1c(C)c(C#N)c2[nH]c3ccccc3n2c1=O. The van der Waals surface area contributed by atoms with E-state index in [1.54, 1.807) is 4.40 Å². The van der Waals surface area contributed by atoms with Gasteiger partial charge in [0.1, 0.15) is 11.7 Å². The van der Waals surface area contributed by atoms with Crippen molar-refractivity contribution >= 4 is 16.7 Å². The normalized spacial score (nSPS) is 11.1. The van der Waals surface area contributed by atoms with E-state index in [1.807, 2.05) is 31.2 Å². The summed E-state index contributed by atoms with van der Waals surface area (Å²) in [4.78, 5) is 16.1. The van der Waals surface area contributed by atoms with Crippen LogP contribution in [0.4, 0.5) is 0 Å². The van der Waals surface area contributed by atoms with Crippen LogP contribution in [0.2, 0.25) is 0 Å². The lowest BCUT2D eigenvalue weighted by Gasteiger charge is -2.08. The monoisotopic (exact) mass is 293 g/mol. The van der Waals surface area contributed by atoms with E-state index in [2.05, 4.69) is 18.0 Å². The Balaban J connectivity index is 2.35. The van der Waals surface area contributed by atoms with E-state index in [1.165, 1.54) is 0 Å². The van der Waals surface area contributed by atoms with Gasteiger partial charge in [-0.25, -0.2) is 0 Å². The van der Waals surface area contributed by atoms with Gasteiger partial charge < -0.3 is 4.98 Å². The van der Waals surface area contributed by atoms with E-state index in [-0.39, 0.29) is 5.56 Å². The minimum atomic E-state index is 0.0000491. The summed E-state index contributed by atoms with van der Waals surface area (Å²) in [5.74, 6) is 0. The summed E-state index contributed by atoms with van der Waals surface area (Å²) < 4.78 is 1.65. The highest BCUT2D eigenvalue weighted by atomic mass is 16.1. The quantitative estimate of drug-likeness (QED) is 0.746. The molecule has 4 nitrogen and oxygen atoms in total. The molecule has 0 aliphatic carbocycles. The summed E-state index contributed by atoms with van der Waals surface area (Å²) in [6.45, 7) is 4.02. The van der Waals surface area contributed by atoms with Gasteiger partial charge in [-0.3, -0.25) is 9.20 Å². The molecular formula is C18H19N3O. The Kier molecular flexibility index (Phi) is 3.72. The van der Waals surface area contributed by atoms with Gasteiger partial charge in [-0.05, 0) is 37.5 Å². The summed E-state index contributed by atoms with van der Waals surface area (Å²) in [6.07, 6.45) is 3.92. The first-order valence-corrected chi connectivity index (χ1v) is 7.74. The number of hydrogen-bond acceptors (Lipinski definition) is 2. The van der Waals surface area contributed by atoms with Crippen molar-refractivity contribution in [1.82, 2.24) is 9.38 Å². The van der Waals surface area contributed by atoms with Gasteiger partial charge in [0.15, 0.2) is 0 Å². The number of rotatable bonds is 4. The molecule has 0 aliphatic rings. The van der Waals surface area contributed by atoms with Crippen molar-refractivity contribution in [2.45, 2.75) is 39.5 Å². The highest BCUT2D eigenvalue weighted by Crippen LogP contribution is 2.22. The topological polar surface area (TPSA) is 61.1 Å². The fourth-order valence-electron chi connectivity index (χ4n) is 3.07. The number of pyridine rings is 1. The molecule has 3 aromatic rings. The largest absolute Gasteiger partial charge is 0.338 e. The fraction of sp³-hybridized carbons (Fsp3) is 0.333. The summed E-state index contributed by atoms with van der Waals surface area (Å²) in [7, 11) is 0. The number of nitriles is 1. The first kappa shape index (κ1) is 14.4. The molecule has 0 spiro atoms. The molecule has 0 bridgehead atoms. The maximum absolute atomic E-state index is 12.9. The van der Waals surface area contributed by atoms with Crippen LogP contribution in [0.15, 0.2) is 29.1 Å². The molecule has 0 radical (unpaired) electrons. The van der Waals surface area contributed by atoms with Crippen molar-refractivity contribution in [3.63, 3.8) is 0 Å². The number of aromatic nitrogens is 2. The Morgan fingerprint density at radius 3 is 2.77 bits per heavy atom. The predicted octanol–water partition coefficient (Wildman–Crippen LogP) is 3.69. The number of nitrogens with zero attached hydrogens (tertiary/aromatic N) is 2. The number of unbranched alkanes of at least 4 members (excludes halogenated alkanes) is 2. The summed E-state index contributed by atoms with van der Waals surface area (Å²) in [5.41, 5.74) is 4.46. The van der Waals surface area contributed by atoms with Crippen LogP contribution in [-0.4, -0.2) is 9.38 Å². The highest BCUT2D eigenvalue weighted by Gasteiger charge is 2.17. The summed E-state index contributed by atoms with van der Waals surface area (Å²) >= 11 is 0. The smallest absolute Gasteiger partial charge is 0.260 e. The lowest BCUT2D eigenvalue weighted by molar-refractivity contribution is 0.710. The number of nitrogens with one attached hydrogen (secondary N) is 1. The highest BCUT2D eigenvalue weighted by molar-refractivity contribution is 5.82. The maximum Gasteiger partial charge on any atom is 0.260 e. The van der Waals surface area contributed by atoms with Gasteiger partial charge in [0.25, 0.3) is 5.56 Å². The van der Waals surface area contributed by atoms with Crippen LogP contribution in [0.3, 0.4) is 0 Å². The van der Waals surface area contributed by atoms with Gasteiger partial charge in [0.2, 0.25) is 0 Å². The van der Waals surface area contributed by atoms with E-state index in [0.717, 1.165) is 47.8 Å². The lowest BCUT2D eigenvalue weighted by Crippen LogP contribution is -2.21. The minimum Gasteiger partial charge on any atom is -0.338 e. The van der Waals surface area contributed by atoms with Gasteiger partial charge in [-0.1, -0.05) is 31.9 Å². The van der Waals surface area contributed by atoms with Crippen molar-refractivity contribution in [3.05, 3.63) is 51.3 Å². The van der Waals surface area contributed by atoms with E-state index in [4.69, 9.17) is 0 Å². The number of para-hydroxylation sites is 2. The Labute approximate surface area is 129 Å². The van der Waals surface area contributed by atoms with E-state index >= 15 is 0 Å². The molecule has 3 rings (SSSR count). The third-order valence-electron chi connectivity index (χ3n) is 4.29. The predicted molar refractivity (Wildman–Crippen MR) is 88.2 cm³/mol. The van der Waals surface area contributed by atoms with E-state index in [0.29, 0.717) is 11.2 Å². The molecule has 1 N–H and O–H groups in total. The van der Waals surface area contributed by atoms with Gasteiger partial charge >= 0.3 is 0 Å². The van der Waals surface area contributed by atoms with E-state index < -0.39 is 0 Å². The molecule has 0 fully saturated rings. The first-order chi connectivity index (χ1) is 10.7. The standard InChI is InChI=1S/C18H19N3O/c1-3-4-5-8-13-12(2)14(11-19)17-20-15-9-6-7-10-16(15)21(17)18(13)22/h6-7,9-10,20H,3-5,8H2,1-2H3. The molecule has 1 aromatic carbocycles. The average Bonchev–Trinajstić information content (AvgIpc) is 2.90. The zero-order valence-corrected chi connectivity index (χ0v) is 12.9. The van der Waals surface area contributed by atoms with Crippen molar-refractivity contribution in [2.24, 2.45) is 0 Å². The van der Waals surface area contributed by atoms with Gasteiger partial charge in [0, 0.05) is 5.56 Å². The number of benzene rings is 1. The third kappa shape index (κ3) is 2.10. The Bertz CT molecular complexity index is 941. The maximum atomic E-state index is 12.9. The van der Waals surface area contributed by atoms with Gasteiger partial charge in [-0.2, -0.15) is 5.26 Å². The Morgan fingerprint density at radius 2 is 2.05 bits per heavy atom. The number of fused-ring (bicyclic) bond motifs is 3. The second-order valence-electron chi connectivity index (χ2n) is 5.68. The molecule has 0 saturated carbocycles. The number of H-pyrrole nitrogens is 1. The molecule has 0 aliphatic heterocycles. The fourth-order valence-corrected chi connectivity index (χ4v) is 3.07. The van der Waals surface area contributed by atoms with E-state index in [9.17, 15) is 10.1 Å². The number of hydrogen-bond donors (Lipinski definition) is 1. The van der Waals surface area contributed by atoms with Crippen LogP contribution in [0, 0.1) is 18.3 Å². The zero-order chi connectivity index (χ0) is 15.7. The molecule has 0 unspecified atom stereocenters. The van der Waals surface area contributed by atoms with Crippen LogP contribution < -0.4 is 5.56 Å². The summed E-state index contributed by atoms with van der Waals surface area (Å²) in [6, 6.07) is 9.93. The molecule has 22 heavy (non-hydrogen) atoms. The molecule has 112 valence electrons. The number of aromatic amines is 1. The van der Waals surface area contributed by atoms with Gasteiger partial charge in [-0.15, -0.1) is 0 Å². The van der Waals surface area contributed by atoms with Crippen molar-refractivity contribution in [1.29, 1.82) is 5.26 Å². The van der Waals surface area contributed by atoms with Gasteiger partial charge in [0.05, 0.1) is 16.6 Å². The second kappa shape index (κ2) is 5.69. The second-order valence-corrected chi connectivity index (χ2v) is 5.68. The van der Waals surface area contributed by atoms with Crippen LogP contribution in [-0.2, 0) is 6.42 Å². The zero-order valence-electron chi connectivity index (χ0n) is 12.9. The van der Waals surface area contributed by atoms with Crippen LogP contribution in [0.1, 0.15) is 42.9 Å². The molecule has 0 saturated heterocycles. The van der Waals surface area contributed by atoms with Crippen molar-refractivity contribution in [3.8, 4) is 6.07 Å². The Hall–Kier alpha value is -2.54. The van der Waals surface area contributed by atoms with Crippen molar-refractivity contribution in [2.75, 3.05) is 0 Å². The molecule has 2 heterocycles. The summed E-state index contributed by atoms with van der Waals surface area (Å²) in [5, 5.41) is 9.54. The molecule has 2 aromatic heterocycles. The third-order valence-corrected chi connectivity index (χ3v) is 4.29. The average molecular weight is 293 g/mol.